The Morgan fingerprint density at radius 1 is 1.33 bits per heavy atom. The lowest BCUT2D eigenvalue weighted by atomic mass is 10.3. The quantitative estimate of drug-likeness (QED) is 0.635. The molecule has 6 heteroatoms. The van der Waals surface area contributed by atoms with Crippen molar-refractivity contribution in [2.45, 2.75) is 0 Å². The van der Waals surface area contributed by atoms with Crippen LogP contribution < -0.4 is 5.32 Å². The second-order valence-electron chi connectivity index (χ2n) is 2.56. The molecule has 3 nitrogen and oxygen atoms in total. The first-order chi connectivity index (χ1) is 7.04. The van der Waals surface area contributed by atoms with E-state index in [4.69, 9.17) is 39.9 Å². The molecule has 0 aliphatic rings. The molecule has 1 aromatic rings. The van der Waals surface area contributed by atoms with Crippen molar-refractivity contribution >= 4 is 46.4 Å². The maximum atomic E-state index is 11.2. The molecule has 0 saturated heterocycles. The van der Waals surface area contributed by atoms with Gasteiger partial charge in [-0.05, 0) is 18.2 Å². The van der Waals surface area contributed by atoms with E-state index in [1.807, 2.05) is 0 Å². The Bertz CT molecular complexity index is 418. The number of hydrogen-bond donors (Lipinski definition) is 2. The number of rotatable bonds is 2. The fraction of sp³-hybridized carbons (Fsp3) is 0. The molecule has 1 aromatic carbocycles. The Kier molecular flexibility index (Phi) is 4.27. The number of anilines is 1. The van der Waals surface area contributed by atoms with Gasteiger partial charge in [0, 0.05) is 5.69 Å². The topological polar surface area (TPSA) is 49.3 Å². The highest BCUT2D eigenvalue weighted by molar-refractivity contribution is 6.44. The van der Waals surface area contributed by atoms with Crippen molar-refractivity contribution in [1.82, 2.24) is 0 Å². The van der Waals surface area contributed by atoms with Gasteiger partial charge >= 0.3 is 0 Å². The van der Waals surface area contributed by atoms with Gasteiger partial charge in [0.1, 0.15) is 11.3 Å². The number of carbonyl (C=O) groups is 1. The predicted molar refractivity (Wildman–Crippen MR) is 61.7 cm³/mol. The molecule has 0 aliphatic carbocycles. The molecule has 2 N–H and O–H groups in total. The normalized spacial score (nSPS) is 11.3. The lowest BCUT2D eigenvalue weighted by molar-refractivity contribution is -0.112. The van der Waals surface area contributed by atoms with Gasteiger partial charge in [-0.1, -0.05) is 34.8 Å². The summed E-state index contributed by atoms with van der Waals surface area (Å²) < 4.78 is 0. The molecule has 1 rings (SSSR count). The van der Waals surface area contributed by atoms with E-state index in [0.29, 0.717) is 22.0 Å². The van der Waals surface area contributed by atoms with Gasteiger partial charge in [-0.15, -0.1) is 0 Å². The summed E-state index contributed by atoms with van der Waals surface area (Å²) >= 11 is 16.8. The number of aliphatic hydroxyl groups excluding tert-OH is 1. The van der Waals surface area contributed by atoms with Gasteiger partial charge in [-0.3, -0.25) is 4.79 Å². The van der Waals surface area contributed by atoms with Crippen molar-refractivity contribution in [2.75, 3.05) is 5.32 Å². The zero-order chi connectivity index (χ0) is 11.4. The Morgan fingerprint density at radius 3 is 2.53 bits per heavy atom. The smallest absolute Gasteiger partial charge is 0.270 e. The van der Waals surface area contributed by atoms with Crippen LogP contribution in [0.25, 0.3) is 0 Å². The van der Waals surface area contributed by atoms with Gasteiger partial charge in [-0.2, -0.15) is 0 Å². The molecule has 0 atom stereocenters. The first-order valence-electron chi connectivity index (χ1n) is 3.81. The fourth-order valence-electron chi connectivity index (χ4n) is 0.823. The SMILES string of the molecule is O=C(Nc1ccc(Cl)c(Cl)c1)C(Cl)=CO. The van der Waals surface area contributed by atoms with Crippen molar-refractivity contribution < 1.29 is 9.90 Å². The zero-order valence-corrected chi connectivity index (χ0v) is 9.57. The van der Waals surface area contributed by atoms with Crippen LogP contribution in [0, 0.1) is 0 Å². The molecule has 0 fully saturated rings. The summed E-state index contributed by atoms with van der Waals surface area (Å²) in [6.07, 6.45) is 0.508. The summed E-state index contributed by atoms with van der Waals surface area (Å²) in [5.41, 5.74) is 0.439. The number of carbonyl (C=O) groups excluding carboxylic acids is 1. The fourth-order valence-corrected chi connectivity index (χ4v) is 1.17. The van der Waals surface area contributed by atoms with Crippen LogP contribution in [-0.4, -0.2) is 11.0 Å². The van der Waals surface area contributed by atoms with Crippen LogP contribution in [0.5, 0.6) is 0 Å². The lowest BCUT2D eigenvalue weighted by Crippen LogP contribution is -2.11. The summed E-state index contributed by atoms with van der Waals surface area (Å²) in [6, 6.07) is 4.58. The molecule has 0 unspecified atom stereocenters. The first-order valence-corrected chi connectivity index (χ1v) is 4.94. The number of aliphatic hydroxyl groups is 1. The van der Waals surface area contributed by atoms with E-state index in [-0.39, 0.29) is 5.03 Å². The molecule has 15 heavy (non-hydrogen) atoms. The Hall–Kier alpha value is -0.900. The highest BCUT2D eigenvalue weighted by Crippen LogP contribution is 2.25. The Balaban J connectivity index is 2.82. The first kappa shape index (κ1) is 12.2. The van der Waals surface area contributed by atoms with Gasteiger partial charge in [0.15, 0.2) is 0 Å². The summed E-state index contributed by atoms with van der Waals surface area (Å²) in [6.45, 7) is 0. The van der Waals surface area contributed by atoms with E-state index in [2.05, 4.69) is 5.32 Å². The average Bonchev–Trinajstić information content (AvgIpc) is 2.22. The number of hydrogen-bond acceptors (Lipinski definition) is 2. The van der Waals surface area contributed by atoms with Crippen LogP contribution in [-0.2, 0) is 4.79 Å². The summed E-state index contributed by atoms with van der Waals surface area (Å²) in [5.74, 6) is -0.627. The largest absolute Gasteiger partial charge is 0.514 e. The van der Waals surface area contributed by atoms with Crippen LogP contribution in [0.4, 0.5) is 5.69 Å². The second-order valence-corrected chi connectivity index (χ2v) is 3.78. The van der Waals surface area contributed by atoms with Crippen LogP contribution in [0.15, 0.2) is 29.5 Å². The Labute approximate surface area is 101 Å². The third-order valence-corrected chi connectivity index (χ3v) is 2.52. The van der Waals surface area contributed by atoms with Crippen molar-refractivity contribution in [3.63, 3.8) is 0 Å². The highest BCUT2D eigenvalue weighted by Gasteiger charge is 2.07. The van der Waals surface area contributed by atoms with Crippen LogP contribution in [0.2, 0.25) is 10.0 Å². The van der Waals surface area contributed by atoms with Crippen molar-refractivity contribution in [1.29, 1.82) is 0 Å². The third-order valence-electron chi connectivity index (χ3n) is 1.51. The van der Waals surface area contributed by atoms with Gasteiger partial charge in [-0.25, -0.2) is 0 Å². The maximum absolute atomic E-state index is 11.2. The van der Waals surface area contributed by atoms with E-state index >= 15 is 0 Å². The van der Waals surface area contributed by atoms with Crippen molar-refractivity contribution in [3.05, 3.63) is 39.5 Å². The molecule has 0 spiro atoms. The lowest BCUT2D eigenvalue weighted by Gasteiger charge is -2.04. The molecule has 0 radical (unpaired) electrons. The van der Waals surface area contributed by atoms with E-state index in [1.54, 1.807) is 6.07 Å². The minimum Gasteiger partial charge on any atom is -0.514 e. The van der Waals surface area contributed by atoms with E-state index in [1.165, 1.54) is 12.1 Å². The predicted octanol–water partition coefficient (Wildman–Crippen LogP) is 3.57. The van der Waals surface area contributed by atoms with Gasteiger partial charge in [0.25, 0.3) is 5.91 Å². The number of halogens is 3. The number of amides is 1. The van der Waals surface area contributed by atoms with E-state index in [9.17, 15) is 4.79 Å². The van der Waals surface area contributed by atoms with Gasteiger partial charge < -0.3 is 10.4 Å². The number of nitrogens with one attached hydrogen (secondary N) is 1. The molecule has 0 aromatic heterocycles. The second kappa shape index (κ2) is 5.26. The third kappa shape index (κ3) is 3.30. The molecule has 0 bridgehead atoms. The standard InChI is InChI=1S/C9H6Cl3NO2/c10-6-2-1-5(3-7(6)11)13-9(15)8(12)4-14/h1-4,14H,(H,13,15). The minimum atomic E-state index is -0.627. The van der Waals surface area contributed by atoms with Crippen LogP contribution in [0.1, 0.15) is 0 Å². The summed E-state index contributed by atoms with van der Waals surface area (Å²) in [5, 5.41) is 11.3. The van der Waals surface area contributed by atoms with Crippen molar-refractivity contribution in [2.24, 2.45) is 0 Å². The molecule has 0 heterocycles. The molecule has 0 aliphatic heterocycles. The molecule has 0 saturated carbocycles. The van der Waals surface area contributed by atoms with E-state index in [0.717, 1.165) is 0 Å². The van der Waals surface area contributed by atoms with Gasteiger partial charge in [0.05, 0.1) is 10.0 Å². The van der Waals surface area contributed by atoms with Crippen LogP contribution in [0.3, 0.4) is 0 Å². The summed E-state index contributed by atoms with van der Waals surface area (Å²) in [4.78, 5) is 11.2. The minimum absolute atomic E-state index is 0.318. The molecular formula is C9H6Cl3NO2. The number of benzene rings is 1. The monoisotopic (exact) mass is 265 g/mol. The highest BCUT2D eigenvalue weighted by atomic mass is 35.5. The Morgan fingerprint density at radius 2 is 2.00 bits per heavy atom. The molecular weight excluding hydrogens is 260 g/mol. The summed E-state index contributed by atoms with van der Waals surface area (Å²) in [7, 11) is 0. The van der Waals surface area contributed by atoms with Gasteiger partial charge in [0.2, 0.25) is 0 Å². The maximum Gasteiger partial charge on any atom is 0.270 e. The van der Waals surface area contributed by atoms with Crippen molar-refractivity contribution in [3.8, 4) is 0 Å². The average molecular weight is 267 g/mol. The van der Waals surface area contributed by atoms with Crippen LogP contribution >= 0.6 is 34.8 Å². The zero-order valence-electron chi connectivity index (χ0n) is 7.30. The van der Waals surface area contributed by atoms with E-state index < -0.39 is 5.91 Å². The molecule has 1 amide bonds. The molecule has 80 valence electrons.